The van der Waals surface area contributed by atoms with E-state index in [0.717, 1.165) is 18.8 Å². The molecule has 0 radical (unpaired) electrons. The van der Waals surface area contributed by atoms with Gasteiger partial charge in [-0.1, -0.05) is 0 Å². The molecule has 1 heterocycles. The molecule has 2 aromatic rings. The number of halogens is 1. The van der Waals surface area contributed by atoms with E-state index in [0.29, 0.717) is 5.95 Å². The van der Waals surface area contributed by atoms with Gasteiger partial charge in [-0.15, -0.1) is 0 Å². The van der Waals surface area contributed by atoms with Crippen LogP contribution in [0.15, 0.2) is 24.3 Å². The maximum atomic E-state index is 5.73. The highest BCUT2D eigenvalue weighted by Gasteiger charge is 2.04. The summed E-state index contributed by atoms with van der Waals surface area (Å²) in [6.45, 7) is 6.21. The van der Waals surface area contributed by atoms with Gasteiger partial charge in [0.25, 0.3) is 0 Å². The summed E-state index contributed by atoms with van der Waals surface area (Å²) >= 11 is 5.73. The standard InChI is InChI=1S/C13H17ClN6/c1-3-20(4-2)10-7-5-9(6-8-10)16-13-18-11(14)17-12(15)19-13/h5-8H,3-4H2,1-2H3,(H3,15,16,17,18,19). The van der Waals surface area contributed by atoms with Crippen molar-refractivity contribution in [2.75, 3.05) is 29.0 Å². The van der Waals surface area contributed by atoms with Gasteiger partial charge in [-0.2, -0.15) is 15.0 Å². The fourth-order valence-corrected chi connectivity index (χ4v) is 2.06. The molecular weight excluding hydrogens is 276 g/mol. The van der Waals surface area contributed by atoms with Gasteiger partial charge in [-0.25, -0.2) is 0 Å². The van der Waals surface area contributed by atoms with Crippen LogP contribution in [0.2, 0.25) is 5.28 Å². The van der Waals surface area contributed by atoms with E-state index in [1.807, 2.05) is 24.3 Å². The van der Waals surface area contributed by atoms with Crippen LogP contribution < -0.4 is 16.0 Å². The van der Waals surface area contributed by atoms with E-state index in [1.54, 1.807) is 0 Å². The van der Waals surface area contributed by atoms with Crippen LogP contribution in [0.4, 0.5) is 23.3 Å². The average molecular weight is 293 g/mol. The van der Waals surface area contributed by atoms with Crippen molar-refractivity contribution in [1.29, 1.82) is 0 Å². The number of hydrogen-bond donors (Lipinski definition) is 2. The fraction of sp³-hybridized carbons (Fsp3) is 0.308. The number of rotatable bonds is 5. The maximum Gasteiger partial charge on any atom is 0.233 e. The molecule has 20 heavy (non-hydrogen) atoms. The van der Waals surface area contributed by atoms with E-state index in [1.165, 1.54) is 5.69 Å². The van der Waals surface area contributed by atoms with E-state index < -0.39 is 0 Å². The first-order valence-corrected chi connectivity index (χ1v) is 6.79. The van der Waals surface area contributed by atoms with Gasteiger partial charge in [0.1, 0.15) is 0 Å². The molecule has 0 saturated carbocycles. The van der Waals surface area contributed by atoms with Gasteiger partial charge in [0.2, 0.25) is 17.2 Å². The number of hydrogen-bond acceptors (Lipinski definition) is 6. The molecule has 0 aliphatic heterocycles. The summed E-state index contributed by atoms with van der Waals surface area (Å²) < 4.78 is 0. The minimum absolute atomic E-state index is 0.0692. The summed E-state index contributed by atoms with van der Waals surface area (Å²) in [5.41, 5.74) is 7.56. The Morgan fingerprint density at radius 2 is 1.75 bits per heavy atom. The zero-order valence-corrected chi connectivity index (χ0v) is 12.2. The molecule has 0 aliphatic carbocycles. The Balaban J connectivity index is 2.14. The quantitative estimate of drug-likeness (QED) is 0.882. The number of aromatic nitrogens is 3. The molecule has 6 nitrogen and oxygen atoms in total. The highest BCUT2D eigenvalue weighted by Crippen LogP contribution is 2.20. The minimum atomic E-state index is 0.0692. The van der Waals surface area contributed by atoms with Crippen LogP contribution >= 0.6 is 11.6 Å². The van der Waals surface area contributed by atoms with Crippen molar-refractivity contribution in [2.45, 2.75) is 13.8 Å². The Bertz CT molecular complexity index is 547. The molecule has 0 fully saturated rings. The number of nitrogen functional groups attached to an aromatic ring is 1. The van der Waals surface area contributed by atoms with Gasteiger partial charge in [-0.05, 0) is 49.7 Å². The molecule has 0 atom stereocenters. The molecule has 0 unspecified atom stereocenters. The maximum absolute atomic E-state index is 5.73. The summed E-state index contributed by atoms with van der Waals surface area (Å²) in [7, 11) is 0. The largest absolute Gasteiger partial charge is 0.372 e. The number of anilines is 4. The van der Waals surface area contributed by atoms with Crippen LogP contribution in [0, 0.1) is 0 Å². The Labute approximate surface area is 123 Å². The first-order chi connectivity index (χ1) is 9.62. The summed E-state index contributed by atoms with van der Waals surface area (Å²) in [6, 6.07) is 8.01. The normalized spacial score (nSPS) is 10.3. The second-order valence-electron chi connectivity index (χ2n) is 4.13. The second-order valence-corrected chi connectivity index (χ2v) is 4.47. The Morgan fingerprint density at radius 1 is 1.10 bits per heavy atom. The third-order valence-corrected chi connectivity index (χ3v) is 3.05. The van der Waals surface area contributed by atoms with Crippen molar-refractivity contribution in [3.63, 3.8) is 0 Å². The second kappa shape index (κ2) is 6.38. The topological polar surface area (TPSA) is 80.0 Å². The van der Waals surface area contributed by atoms with Crippen LogP contribution in [0.1, 0.15) is 13.8 Å². The zero-order valence-electron chi connectivity index (χ0n) is 11.5. The molecule has 0 amide bonds. The number of benzene rings is 1. The van der Waals surface area contributed by atoms with Crippen LogP contribution in [-0.4, -0.2) is 28.0 Å². The molecule has 2 rings (SSSR count). The lowest BCUT2D eigenvalue weighted by Gasteiger charge is -2.21. The van der Waals surface area contributed by atoms with E-state index in [-0.39, 0.29) is 11.2 Å². The molecule has 7 heteroatoms. The number of nitrogens with one attached hydrogen (secondary N) is 1. The molecular formula is C13H17ClN6. The molecule has 1 aromatic heterocycles. The Hall–Kier alpha value is -2.08. The van der Waals surface area contributed by atoms with Crippen LogP contribution in [-0.2, 0) is 0 Å². The van der Waals surface area contributed by atoms with Crippen molar-refractivity contribution in [3.8, 4) is 0 Å². The summed E-state index contributed by atoms with van der Waals surface area (Å²) in [4.78, 5) is 13.9. The van der Waals surface area contributed by atoms with E-state index in [2.05, 4.69) is 39.0 Å². The summed E-state index contributed by atoms with van der Waals surface area (Å²) in [5.74, 6) is 0.422. The van der Waals surface area contributed by atoms with Crippen molar-refractivity contribution < 1.29 is 0 Å². The lowest BCUT2D eigenvalue weighted by Crippen LogP contribution is -2.21. The van der Waals surface area contributed by atoms with E-state index in [4.69, 9.17) is 17.3 Å². The number of nitrogens with zero attached hydrogens (tertiary/aromatic N) is 4. The first kappa shape index (κ1) is 14.3. The molecule has 0 saturated heterocycles. The predicted octanol–water partition coefficient (Wildman–Crippen LogP) is 2.70. The minimum Gasteiger partial charge on any atom is -0.372 e. The highest BCUT2D eigenvalue weighted by atomic mass is 35.5. The van der Waals surface area contributed by atoms with Crippen molar-refractivity contribution in [3.05, 3.63) is 29.5 Å². The smallest absolute Gasteiger partial charge is 0.233 e. The van der Waals surface area contributed by atoms with Crippen LogP contribution in [0.25, 0.3) is 0 Å². The van der Waals surface area contributed by atoms with Crippen LogP contribution in [0.3, 0.4) is 0 Å². The van der Waals surface area contributed by atoms with Gasteiger partial charge in [0.05, 0.1) is 0 Å². The van der Waals surface area contributed by atoms with Crippen molar-refractivity contribution in [1.82, 2.24) is 15.0 Å². The van der Waals surface area contributed by atoms with E-state index >= 15 is 0 Å². The first-order valence-electron chi connectivity index (χ1n) is 6.41. The SMILES string of the molecule is CCN(CC)c1ccc(Nc2nc(N)nc(Cl)n2)cc1. The molecule has 0 aliphatic rings. The average Bonchev–Trinajstić information content (AvgIpc) is 2.41. The molecule has 0 spiro atoms. The van der Waals surface area contributed by atoms with Gasteiger partial charge < -0.3 is 16.0 Å². The molecule has 1 aromatic carbocycles. The van der Waals surface area contributed by atoms with Gasteiger partial charge >= 0.3 is 0 Å². The van der Waals surface area contributed by atoms with Crippen LogP contribution in [0.5, 0.6) is 0 Å². The summed E-state index contributed by atoms with van der Waals surface area (Å²) in [5, 5.41) is 3.11. The molecule has 3 N–H and O–H groups in total. The monoisotopic (exact) mass is 292 g/mol. The predicted molar refractivity (Wildman–Crippen MR) is 82.5 cm³/mol. The zero-order chi connectivity index (χ0) is 14.5. The third-order valence-electron chi connectivity index (χ3n) is 2.88. The van der Waals surface area contributed by atoms with Crippen molar-refractivity contribution in [2.24, 2.45) is 0 Å². The fourth-order valence-electron chi connectivity index (χ4n) is 1.89. The van der Waals surface area contributed by atoms with Gasteiger partial charge in [0, 0.05) is 24.5 Å². The lowest BCUT2D eigenvalue weighted by atomic mass is 10.2. The van der Waals surface area contributed by atoms with Gasteiger partial charge in [0.15, 0.2) is 0 Å². The number of nitrogens with two attached hydrogens (primary N) is 1. The Kier molecular flexibility index (Phi) is 4.57. The Morgan fingerprint density at radius 3 is 2.30 bits per heavy atom. The third kappa shape index (κ3) is 3.48. The lowest BCUT2D eigenvalue weighted by molar-refractivity contribution is 0.866. The van der Waals surface area contributed by atoms with Crippen molar-refractivity contribution >= 4 is 34.9 Å². The highest BCUT2D eigenvalue weighted by molar-refractivity contribution is 6.28. The van der Waals surface area contributed by atoms with E-state index in [9.17, 15) is 0 Å². The molecule has 106 valence electrons. The summed E-state index contributed by atoms with van der Waals surface area (Å²) in [6.07, 6.45) is 0. The van der Waals surface area contributed by atoms with Gasteiger partial charge in [-0.3, -0.25) is 0 Å². The molecule has 0 bridgehead atoms.